The summed E-state index contributed by atoms with van der Waals surface area (Å²) in [6.45, 7) is 10.2. The summed E-state index contributed by atoms with van der Waals surface area (Å²) < 4.78 is 4.07. The SMILES string of the molecule is CC(CO)CO.Cc1ccc(-c2nc3ccc(C)cn3c2CC(=O)N(C)C)cc1.Cc1ccc(-c2nc3ccc(C)cn3c2CC(=O)N(C)C)cc1.O=C(O)C(O)C(O)C(=O)O. The number of rotatable bonds is 11. The van der Waals surface area contributed by atoms with Crippen molar-refractivity contribution in [2.45, 2.75) is 59.7 Å². The van der Waals surface area contributed by atoms with Crippen molar-refractivity contribution in [1.82, 2.24) is 28.6 Å². The highest BCUT2D eigenvalue weighted by Gasteiger charge is 2.29. The molecule has 4 aromatic heterocycles. The van der Waals surface area contributed by atoms with E-state index in [9.17, 15) is 19.2 Å². The second-order valence-corrected chi connectivity index (χ2v) is 15.4. The molecule has 0 saturated heterocycles. The summed E-state index contributed by atoms with van der Waals surface area (Å²) in [6.07, 6.45) is 0.216. The third-order valence-electron chi connectivity index (χ3n) is 9.44. The summed E-state index contributed by atoms with van der Waals surface area (Å²) in [6, 6.07) is 24.6. The van der Waals surface area contributed by atoms with Crippen LogP contribution in [0, 0.1) is 33.6 Å². The fourth-order valence-corrected chi connectivity index (χ4v) is 5.55. The second kappa shape index (κ2) is 22.9. The molecule has 0 aliphatic carbocycles. The van der Waals surface area contributed by atoms with Crippen molar-refractivity contribution in [1.29, 1.82) is 0 Å². The van der Waals surface area contributed by atoms with Gasteiger partial charge in [0.05, 0.1) is 35.6 Å². The summed E-state index contributed by atoms with van der Waals surface area (Å²) in [7, 11) is 7.12. The van der Waals surface area contributed by atoms with Crippen molar-refractivity contribution in [2.24, 2.45) is 5.92 Å². The van der Waals surface area contributed by atoms with Gasteiger partial charge in [0, 0.05) is 70.8 Å². The molecular formula is C46H58N6O10. The van der Waals surface area contributed by atoms with E-state index in [1.165, 1.54) is 11.1 Å². The molecule has 332 valence electrons. The predicted molar refractivity (Wildman–Crippen MR) is 236 cm³/mol. The molecule has 2 amide bonds. The molecule has 6 aromatic rings. The fourth-order valence-electron chi connectivity index (χ4n) is 5.55. The molecule has 0 aliphatic rings. The van der Waals surface area contributed by atoms with Crippen LogP contribution in [0.3, 0.4) is 0 Å². The van der Waals surface area contributed by atoms with Crippen LogP contribution >= 0.6 is 0 Å². The lowest BCUT2D eigenvalue weighted by atomic mass is 10.1. The molecule has 2 aromatic carbocycles. The molecule has 2 atom stereocenters. The van der Waals surface area contributed by atoms with Crippen LogP contribution in [0.25, 0.3) is 33.8 Å². The van der Waals surface area contributed by atoms with E-state index < -0.39 is 24.1 Å². The Morgan fingerprint density at radius 3 is 1.11 bits per heavy atom. The lowest BCUT2D eigenvalue weighted by Gasteiger charge is -2.11. The molecule has 16 nitrogen and oxygen atoms in total. The van der Waals surface area contributed by atoms with E-state index in [1.807, 2.05) is 59.3 Å². The van der Waals surface area contributed by atoms with E-state index in [2.05, 4.69) is 62.4 Å². The summed E-state index contributed by atoms with van der Waals surface area (Å²) in [5, 5.41) is 48.9. The van der Waals surface area contributed by atoms with Crippen LogP contribution in [0.5, 0.6) is 0 Å². The first-order valence-electron chi connectivity index (χ1n) is 19.7. The zero-order valence-electron chi connectivity index (χ0n) is 36.6. The first-order chi connectivity index (χ1) is 29.2. The summed E-state index contributed by atoms with van der Waals surface area (Å²) in [5.41, 5.74) is 12.2. The average molecular weight is 855 g/mol. The van der Waals surface area contributed by atoms with Gasteiger partial charge >= 0.3 is 11.9 Å². The van der Waals surface area contributed by atoms with E-state index in [0.29, 0.717) is 12.8 Å². The second-order valence-electron chi connectivity index (χ2n) is 15.4. The third-order valence-corrected chi connectivity index (χ3v) is 9.44. The van der Waals surface area contributed by atoms with Crippen LogP contribution in [-0.2, 0) is 32.0 Å². The van der Waals surface area contributed by atoms with E-state index in [-0.39, 0.29) is 30.9 Å². The molecule has 0 bridgehead atoms. The maximum absolute atomic E-state index is 12.3. The smallest absolute Gasteiger partial charge is 0.335 e. The molecule has 0 spiro atoms. The monoisotopic (exact) mass is 854 g/mol. The number of carboxylic acids is 2. The largest absolute Gasteiger partial charge is 0.479 e. The van der Waals surface area contributed by atoms with Crippen LogP contribution in [0.4, 0.5) is 0 Å². The molecule has 0 fully saturated rings. The summed E-state index contributed by atoms with van der Waals surface area (Å²) in [5.74, 6) is -3.35. The maximum atomic E-state index is 12.3. The minimum atomic E-state index is -2.27. The zero-order chi connectivity index (χ0) is 46.4. The number of aromatic nitrogens is 4. The van der Waals surface area contributed by atoms with Crippen LogP contribution < -0.4 is 0 Å². The van der Waals surface area contributed by atoms with Gasteiger partial charge in [-0.05, 0) is 51.0 Å². The number of likely N-dealkylation sites (N-methyl/N-ethyl adjacent to an activating group) is 2. The van der Waals surface area contributed by atoms with Gasteiger partial charge < -0.3 is 49.2 Å². The van der Waals surface area contributed by atoms with Gasteiger partial charge in [-0.1, -0.05) is 78.7 Å². The Balaban J connectivity index is 0.000000247. The molecule has 4 heterocycles. The lowest BCUT2D eigenvalue weighted by molar-refractivity contribution is -0.165. The Labute approximate surface area is 361 Å². The number of benzene rings is 2. The Kier molecular flexibility index (Phi) is 18.5. The molecule has 16 heteroatoms. The predicted octanol–water partition coefficient (Wildman–Crippen LogP) is 3.98. The summed E-state index contributed by atoms with van der Waals surface area (Å²) in [4.78, 5) is 56.8. The molecule has 0 radical (unpaired) electrons. The molecule has 6 rings (SSSR count). The zero-order valence-corrected chi connectivity index (χ0v) is 36.6. The highest BCUT2D eigenvalue weighted by molar-refractivity contribution is 5.83. The van der Waals surface area contributed by atoms with Gasteiger partial charge in [-0.25, -0.2) is 19.6 Å². The lowest BCUT2D eigenvalue weighted by Crippen LogP contribution is -2.39. The van der Waals surface area contributed by atoms with Crippen molar-refractivity contribution >= 4 is 35.0 Å². The summed E-state index contributed by atoms with van der Waals surface area (Å²) >= 11 is 0. The van der Waals surface area contributed by atoms with Crippen LogP contribution in [0.1, 0.15) is 40.6 Å². The van der Waals surface area contributed by atoms with Gasteiger partial charge in [0.1, 0.15) is 11.3 Å². The standard InChI is InChI=1S/2C19H21N3O.C4H6O6.C4H10O2/c2*1-13-5-8-15(9-6-13)19-16(11-18(23)21(3)4)22-12-14(2)7-10-17(22)20-19;5-1(3(7)8)2(6)4(9)10;1-4(2-5)3-6/h2*5-10,12H,11H2,1-4H3;1-2,5-6H,(H,7,8)(H,9,10);4-6H,2-3H2,1H3. The number of aliphatic carboxylic acids is 2. The molecule has 62 heavy (non-hydrogen) atoms. The van der Waals surface area contributed by atoms with Crippen molar-refractivity contribution in [3.63, 3.8) is 0 Å². The van der Waals surface area contributed by atoms with E-state index in [1.54, 1.807) is 44.9 Å². The number of carboxylic acid groups (broad SMARTS) is 2. The van der Waals surface area contributed by atoms with Crippen LogP contribution in [-0.4, -0.2) is 137 Å². The number of hydrogen-bond acceptors (Lipinski definition) is 10. The first-order valence-corrected chi connectivity index (χ1v) is 19.7. The van der Waals surface area contributed by atoms with Gasteiger partial charge in [-0.2, -0.15) is 0 Å². The average Bonchev–Trinajstić information content (AvgIpc) is 3.77. The quantitative estimate of drug-likeness (QED) is 0.109. The van der Waals surface area contributed by atoms with E-state index in [4.69, 9.17) is 40.6 Å². The highest BCUT2D eigenvalue weighted by Crippen LogP contribution is 2.27. The molecule has 0 aliphatic heterocycles. The Bertz CT molecular complexity index is 2270. The number of nitrogens with zero attached hydrogens (tertiary/aromatic N) is 6. The number of hydrogen-bond donors (Lipinski definition) is 6. The van der Waals surface area contributed by atoms with Crippen molar-refractivity contribution in [3.05, 3.63) is 119 Å². The number of amides is 2. The Morgan fingerprint density at radius 2 is 0.855 bits per heavy atom. The van der Waals surface area contributed by atoms with Gasteiger partial charge in [-0.3, -0.25) is 9.59 Å². The highest BCUT2D eigenvalue weighted by atomic mass is 16.4. The number of aliphatic hydroxyl groups excluding tert-OH is 4. The van der Waals surface area contributed by atoms with E-state index in [0.717, 1.165) is 56.3 Å². The Morgan fingerprint density at radius 1 is 0.548 bits per heavy atom. The first kappa shape index (κ1) is 49.9. The number of pyridine rings is 2. The number of aryl methyl sites for hydroxylation is 4. The van der Waals surface area contributed by atoms with Crippen molar-refractivity contribution in [2.75, 3.05) is 41.4 Å². The fraction of sp³-hybridized carbons (Fsp3) is 0.348. The normalized spacial score (nSPS) is 11.6. The number of aliphatic hydroxyl groups is 4. The topological polar surface area (TPSA) is 231 Å². The number of imidazole rings is 2. The third kappa shape index (κ3) is 13.8. The van der Waals surface area contributed by atoms with Crippen molar-refractivity contribution in [3.8, 4) is 22.5 Å². The van der Waals surface area contributed by atoms with E-state index >= 15 is 0 Å². The van der Waals surface area contributed by atoms with Gasteiger partial charge in [0.15, 0.2) is 12.2 Å². The molecular weight excluding hydrogens is 797 g/mol. The Hall–Kier alpha value is -6.46. The van der Waals surface area contributed by atoms with Gasteiger partial charge in [0.2, 0.25) is 11.8 Å². The van der Waals surface area contributed by atoms with Gasteiger partial charge in [-0.15, -0.1) is 0 Å². The maximum Gasteiger partial charge on any atom is 0.335 e. The molecule has 2 unspecified atom stereocenters. The number of carbonyl (C=O) groups is 4. The molecule has 0 saturated carbocycles. The molecule has 6 N–H and O–H groups in total. The van der Waals surface area contributed by atoms with Crippen molar-refractivity contribution < 1.29 is 49.8 Å². The van der Waals surface area contributed by atoms with Crippen LogP contribution in [0.15, 0.2) is 85.2 Å². The minimum Gasteiger partial charge on any atom is -0.479 e. The minimum absolute atomic E-state index is 0.0463. The van der Waals surface area contributed by atoms with Gasteiger partial charge in [0.25, 0.3) is 0 Å². The number of carbonyl (C=O) groups excluding carboxylic acids is 2. The van der Waals surface area contributed by atoms with Crippen LogP contribution in [0.2, 0.25) is 0 Å². The number of fused-ring (bicyclic) bond motifs is 2.